The van der Waals surface area contributed by atoms with Gasteiger partial charge in [-0.05, 0) is 35.9 Å². The van der Waals surface area contributed by atoms with E-state index in [9.17, 15) is 9.18 Å². The quantitative estimate of drug-likeness (QED) is 0.488. The molecule has 4 aromatic rings. The van der Waals surface area contributed by atoms with Crippen LogP contribution in [0.3, 0.4) is 0 Å². The number of hydrogen-bond acceptors (Lipinski definition) is 2. The first-order chi connectivity index (χ1) is 12.7. The Labute approximate surface area is 148 Å². The van der Waals surface area contributed by atoms with Gasteiger partial charge in [0.05, 0.1) is 17.4 Å². The number of carbonyl (C=O) groups excluding carboxylic acids is 1. The van der Waals surface area contributed by atoms with Crippen molar-refractivity contribution in [2.45, 2.75) is 0 Å². The maximum Gasteiger partial charge on any atom is 0.323 e. The van der Waals surface area contributed by atoms with Crippen molar-refractivity contribution in [3.05, 3.63) is 79.0 Å². The minimum atomic E-state index is -0.499. The van der Waals surface area contributed by atoms with Crippen molar-refractivity contribution in [3.63, 3.8) is 0 Å². The van der Waals surface area contributed by atoms with Crippen molar-refractivity contribution in [2.24, 2.45) is 0 Å². The van der Waals surface area contributed by atoms with Crippen LogP contribution >= 0.6 is 0 Å². The molecule has 0 atom stereocenters. The van der Waals surface area contributed by atoms with Crippen LogP contribution in [0.5, 0.6) is 0 Å². The molecular formula is C20H15FN4O. The van der Waals surface area contributed by atoms with E-state index in [4.69, 9.17) is 0 Å². The molecule has 0 aliphatic carbocycles. The number of pyridine rings is 1. The van der Waals surface area contributed by atoms with Gasteiger partial charge in [-0.1, -0.05) is 24.3 Å². The summed E-state index contributed by atoms with van der Waals surface area (Å²) in [6.45, 7) is 0. The van der Waals surface area contributed by atoms with E-state index in [1.165, 1.54) is 12.1 Å². The summed E-state index contributed by atoms with van der Waals surface area (Å²) in [6.07, 6.45) is 5.46. The van der Waals surface area contributed by atoms with Crippen LogP contribution in [0.1, 0.15) is 0 Å². The molecule has 26 heavy (non-hydrogen) atoms. The average Bonchev–Trinajstić information content (AvgIpc) is 3.08. The summed E-state index contributed by atoms with van der Waals surface area (Å²) >= 11 is 0. The van der Waals surface area contributed by atoms with Gasteiger partial charge in [0, 0.05) is 29.0 Å². The number of rotatable bonds is 3. The molecular weight excluding hydrogens is 331 g/mol. The number of hydrogen-bond donors (Lipinski definition) is 3. The molecule has 0 radical (unpaired) electrons. The van der Waals surface area contributed by atoms with Crippen LogP contribution in [0.15, 0.2) is 73.2 Å². The first-order valence-electron chi connectivity index (χ1n) is 8.05. The third-order valence-electron chi connectivity index (χ3n) is 4.06. The van der Waals surface area contributed by atoms with E-state index in [0.29, 0.717) is 5.69 Å². The maximum absolute atomic E-state index is 13.6. The molecule has 0 spiro atoms. The van der Waals surface area contributed by atoms with Crippen LogP contribution in [-0.4, -0.2) is 16.0 Å². The van der Waals surface area contributed by atoms with E-state index < -0.39 is 11.8 Å². The van der Waals surface area contributed by atoms with Crippen LogP contribution in [0.4, 0.5) is 20.6 Å². The Hall–Kier alpha value is -3.67. The molecule has 0 bridgehead atoms. The topological polar surface area (TPSA) is 69.8 Å². The fourth-order valence-corrected chi connectivity index (χ4v) is 2.79. The zero-order valence-corrected chi connectivity index (χ0v) is 13.7. The monoisotopic (exact) mass is 346 g/mol. The van der Waals surface area contributed by atoms with Gasteiger partial charge in [-0.15, -0.1) is 0 Å². The summed E-state index contributed by atoms with van der Waals surface area (Å²) in [5.74, 6) is -0.480. The van der Waals surface area contributed by atoms with E-state index in [1.807, 2.05) is 24.4 Å². The number of halogens is 1. The lowest BCUT2D eigenvalue weighted by Crippen LogP contribution is -2.20. The van der Waals surface area contributed by atoms with Gasteiger partial charge >= 0.3 is 6.03 Å². The van der Waals surface area contributed by atoms with E-state index in [2.05, 4.69) is 20.6 Å². The number of nitrogens with one attached hydrogen (secondary N) is 3. The molecule has 128 valence electrons. The number of amides is 2. The van der Waals surface area contributed by atoms with Crippen molar-refractivity contribution in [1.82, 2.24) is 9.97 Å². The molecule has 0 saturated heterocycles. The highest BCUT2D eigenvalue weighted by atomic mass is 19.1. The molecule has 6 heteroatoms. The molecule has 2 amide bonds. The number of aromatic nitrogens is 2. The summed E-state index contributed by atoms with van der Waals surface area (Å²) in [7, 11) is 0. The fourth-order valence-electron chi connectivity index (χ4n) is 2.79. The Morgan fingerprint density at radius 1 is 1.00 bits per heavy atom. The zero-order valence-electron chi connectivity index (χ0n) is 13.7. The number of urea groups is 1. The van der Waals surface area contributed by atoms with E-state index in [1.54, 1.807) is 36.7 Å². The standard InChI is InChI=1S/C20H15FN4O/c21-17-3-1-2-4-18(17)25-20(26)24-14-7-5-13(6-8-14)16-11-23-19-12-22-10-9-15(16)19/h1-12,23H,(H2,24,25,26). The number of fused-ring (bicyclic) bond motifs is 1. The smallest absolute Gasteiger partial charge is 0.323 e. The predicted octanol–water partition coefficient (Wildman–Crippen LogP) is 5.01. The second-order valence-corrected chi connectivity index (χ2v) is 5.76. The van der Waals surface area contributed by atoms with Crippen LogP contribution in [0.25, 0.3) is 22.0 Å². The Morgan fingerprint density at radius 3 is 2.62 bits per heavy atom. The average molecular weight is 346 g/mol. The highest BCUT2D eigenvalue weighted by molar-refractivity contribution is 6.00. The Bertz CT molecular complexity index is 1070. The van der Waals surface area contributed by atoms with E-state index >= 15 is 0 Å². The lowest BCUT2D eigenvalue weighted by Gasteiger charge is -2.09. The third-order valence-corrected chi connectivity index (χ3v) is 4.06. The first-order valence-corrected chi connectivity index (χ1v) is 8.05. The molecule has 2 heterocycles. The molecule has 4 rings (SSSR count). The van der Waals surface area contributed by atoms with Crippen molar-refractivity contribution in [2.75, 3.05) is 10.6 Å². The number of para-hydroxylation sites is 1. The Balaban J connectivity index is 1.49. The van der Waals surface area contributed by atoms with Gasteiger partial charge in [0.1, 0.15) is 5.82 Å². The van der Waals surface area contributed by atoms with Crippen molar-refractivity contribution in [3.8, 4) is 11.1 Å². The third kappa shape index (κ3) is 3.12. The molecule has 0 unspecified atom stereocenters. The number of H-pyrrole nitrogens is 1. The van der Waals surface area contributed by atoms with Gasteiger partial charge in [0.25, 0.3) is 0 Å². The first kappa shape index (κ1) is 15.8. The molecule has 5 nitrogen and oxygen atoms in total. The van der Waals surface area contributed by atoms with Crippen molar-refractivity contribution < 1.29 is 9.18 Å². The number of aromatic amines is 1. The minimum Gasteiger partial charge on any atom is -0.359 e. The minimum absolute atomic E-state index is 0.133. The van der Waals surface area contributed by atoms with Gasteiger partial charge in [-0.2, -0.15) is 0 Å². The summed E-state index contributed by atoms with van der Waals surface area (Å²) in [6, 6.07) is 14.9. The van der Waals surface area contributed by atoms with Gasteiger partial charge in [-0.3, -0.25) is 4.98 Å². The summed E-state index contributed by atoms with van der Waals surface area (Å²) in [4.78, 5) is 19.3. The molecule has 2 aromatic carbocycles. The SMILES string of the molecule is O=C(Nc1ccc(-c2c[nH]c3cnccc23)cc1)Nc1ccccc1F. The van der Waals surface area contributed by atoms with Crippen molar-refractivity contribution in [1.29, 1.82) is 0 Å². The molecule has 0 fully saturated rings. The normalized spacial score (nSPS) is 10.7. The highest BCUT2D eigenvalue weighted by Crippen LogP contribution is 2.28. The molecule has 3 N–H and O–H groups in total. The summed E-state index contributed by atoms with van der Waals surface area (Å²) < 4.78 is 13.6. The lowest BCUT2D eigenvalue weighted by atomic mass is 10.1. The largest absolute Gasteiger partial charge is 0.359 e. The van der Waals surface area contributed by atoms with E-state index in [-0.39, 0.29) is 5.69 Å². The molecule has 0 saturated carbocycles. The summed E-state index contributed by atoms with van der Waals surface area (Å²) in [5, 5.41) is 6.26. The van der Waals surface area contributed by atoms with Gasteiger partial charge in [0.15, 0.2) is 0 Å². The lowest BCUT2D eigenvalue weighted by molar-refractivity contribution is 0.262. The fraction of sp³-hybridized carbons (Fsp3) is 0. The summed E-state index contributed by atoms with van der Waals surface area (Å²) in [5.41, 5.74) is 3.79. The van der Waals surface area contributed by atoms with Crippen LogP contribution in [0, 0.1) is 5.82 Å². The number of carbonyl (C=O) groups is 1. The second-order valence-electron chi connectivity index (χ2n) is 5.76. The Kier molecular flexibility index (Phi) is 4.07. The van der Waals surface area contributed by atoms with Gasteiger partial charge in [-0.25, -0.2) is 9.18 Å². The van der Waals surface area contributed by atoms with Gasteiger partial charge < -0.3 is 15.6 Å². The van der Waals surface area contributed by atoms with E-state index in [0.717, 1.165) is 22.0 Å². The van der Waals surface area contributed by atoms with Crippen LogP contribution < -0.4 is 10.6 Å². The van der Waals surface area contributed by atoms with Crippen molar-refractivity contribution >= 4 is 28.3 Å². The highest BCUT2D eigenvalue weighted by Gasteiger charge is 2.08. The molecule has 0 aliphatic heterocycles. The zero-order chi connectivity index (χ0) is 17.9. The van der Waals surface area contributed by atoms with Crippen LogP contribution in [0.2, 0.25) is 0 Å². The molecule has 0 aliphatic rings. The molecule has 2 aromatic heterocycles. The predicted molar refractivity (Wildman–Crippen MR) is 101 cm³/mol. The number of anilines is 2. The second kappa shape index (κ2) is 6.68. The number of nitrogens with zero attached hydrogens (tertiary/aromatic N) is 1. The maximum atomic E-state index is 13.6. The number of benzene rings is 2. The Morgan fingerprint density at radius 2 is 1.81 bits per heavy atom. The van der Waals surface area contributed by atoms with Crippen LogP contribution in [-0.2, 0) is 0 Å². The van der Waals surface area contributed by atoms with Gasteiger partial charge in [0.2, 0.25) is 0 Å².